The molecule has 2 aromatic rings. The Labute approximate surface area is 156 Å². The van der Waals surface area contributed by atoms with E-state index in [1.54, 1.807) is 0 Å². The van der Waals surface area contributed by atoms with Crippen LogP contribution in [-0.4, -0.2) is 45.4 Å². The molecule has 0 amide bonds. The molecule has 0 bridgehead atoms. The largest absolute Gasteiger partial charge is 0.376 e. The number of likely N-dealkylation sites (N-methyl/N-ethyl adjacent to an activating group) is 1. The van der Waals surface area contributed by atoms with Crippen LogP contribution >= 0.6 is 8.58 Å². The van der Waals surface area contributed by atoms with Crippen LogP contribution in [0.3, 0.4) is 0 Å². The lowest BCUT2D eigenvalue weighted by atomic mass is 10.3. The summed E-state index contributed by atoms with van der Waals surface area (Å²) in [5, 5.41) is 2.79. The summed E-state index contributed by atoms with van der Waals surface area (Å²) in [6.45, 7) is 5.15. The van der Waals surface area contributed by atoms with Gasteiger partial charge in [0, 0.05) is 6.61 Å². The quantitative estimate of drug-likeness (QED) is 0.370. The summed E-state index contributed by atoms with van der Waals surface area (Å²) in [6.07, 6.45) is 3.79. The number of quaternary nitrogens is 1. The van der Waals surface area contributed by atoms with Gasteiger partial charge in [-0.2, -0.15) is 0 Å². The van der Waals surface area contributed by atoms with Crippen LogP contribution in [0.1, 0.15) is 26.2 Å². The average Bonchev–Trinajstić information content (AvgIpc) is 2.59. The van der Waals surface area contributed by atoms with Crippen LogP contribution in [-0.2, 0) is 4.74 Å². The number of hydrogen-bond donors (Lipinski definition) is 0. The van der Waals surface area contributed by atoms with Crippen molar-refractivity contribution in [3.63, 3.8) is 0 Å². The summed E-state index contributed by atoms with van der Waals surface area (Å²) in [6, 6.07) is 21.2. The zero-order valence-electron chi connectivity index (χ0n) is 16.4. The third-order valence-electron chi connectivity index (χ3n) is 3.63. The van der Waals surface area contributed by atoms with Crippen LogP contribution in [0, 0.1) is 0 Å². The minimum Gasteiger partial charge on any atom is -0.376 e. The van der Waals surface area contributed by atoms with Crippen molar-refractivity contribution in [1.82, 2.24) is 0 Å². The molecule has 2 aromatic carbocycles. The van der Waals surface area contributed by atoms with Gasteiger partial charge in [0.2, 0.25) is 0 Å². The number of ether oxygens (including phenoxy) is 1. The highest BCUT2D eigenvalue weighted by Gasteiger charge is 2.04. The lowest BCUT2D eigenvalue weighted by Crippen LogP contribution is -2.37. The first-order valence-electron chi connectivity index (χ1n) is 9.26. The first-order valence-corrected chi connectivity index (χ1v) is 10.3. The van der Waals surface area contributed by atoms with Gasteiger partial charge in [-0.05, 0) is 17.0 Å². The van der Waals surface area contributed by atoms with E-state index in [-0.39, 0.29) is 0 Å². The Bertz CT molecular complexity index is 499. The van der Waals surface area contributed by atoms with E-state index in [1.807, 2.05) is 0 Å². The number of unbranched alkanes of at least 4 members (excludes halogenated alkanes) is 2. The molecule has 0 fully saturated rings. The summed E-state index contributed by atoms with van der Waals surface area (Å²) in [5.74, 6) is 0. The molecule has 2 rings (SSSR count). The van der Waals surface area contributed by atoms with E-state index in [1.165, 1.54) is 29.9 Å². The summed E-state index contributed by atoms with van der Waals surface area (Å²) >= 11 is 0. The van der Waals surface area contributed by atoms with E-state index >= 15 is 0 Å². The zero-order chi connectivity index (χ0) is 18.4. The van der Waals surface area contributed by atoms with Crippen molar-refractivity contribution in [3.8, 4) is 0 Å². The second-order valence-corrected chi connectivity index (χ2v) is 8.60. The predicted octanol–water partition coefficient (Wildman–Crippen LogP) is 4.22. The van der Waals surface area contributed by atoms with Crippen LogP contribution in [0.5, 0.6) is 0 Å². The fourth-order valence-corrected chi connectivity index (χ4v) is 3.16. The van der Waals surface area contributed by atoms with Crippen LogP contribution in [0.4, 0.5) is 0 Å². The number of nitrogens with zero attached hydrogens (tertiary/aromatic N) is 1. The van der Waals surface area contributed by atoms with Crippen LogP contribution in [0.2, 0.25) is 0 Å². The molecule has 138 valence electrons. The Hall–Kier alpha value is -1.21. The molecule has 0 N–H and O–H groups in total. The molecule has 0 saturated heterocycles. The molecule has 25 heavy (non-hydrogen) atoms. The van der Waals surface area contributed by atoms with Gasteiger partial charge in [-0.1, -0.05) is 89.0 Å². The number of hydrogen-bond acceptors (Lipinski definition) is 1. The fourth-order valence-electron chi connectivity index (χ4n) is 2.10. The Balaban J connectivity index is 0.000000252. The van der Waals surface area contributed by atoms with E-state index in [0.717, 1.165) is 32.8 Å². The Kier molecular flexibility index (Phi) is 11.4. The maximum Gasteiger partial charge on any atom is 0.102 e. The average molecular weight is 361 g/mol. The molecule has 0 spiro atoms. The summed E-state index contributed by atoms with van der Waals surface area (Å²) < 4.78 is 6.49. The first-order chi connectivity index (χ1) is 12.0. The first kappa shape index (κ1) is 21.8. The van der Waals surface area contributed by atoms with Gasteiger partial charge in [0.15, 0.2) is 0 Å². The van der Waals surface area contributed by atoms with Gasteiger partial charge in [0.05, 0.1) is 27.7 Å². The maximum atomic E-state index is 5.50. The molecule has 0 aliphatic rings. The SMILES string of the molecule is CCCCCOCC[N+](C)(C)C.c1ccc(Pc2ccccc2)cc1. The lowest BCUT2D eigenvalue weighted by Gasteiger charge is -2.23. The standard InChI is InChI=1S/C12H11P.C10H24NO/c1-3-7-11(8-4-1)13-12-9-5-2-6-10-12;1-5-6-7-9-12-10-8-11(2,3)4/h1-10,13H;5-10H2,1-4H3/q;+1. The third kappa shape index (κ3) is 12.8. The van der Waals surface area contributed by atoms with Crippen molar-refractivity contribution < 1.29 is 9.22 Å². The minimum atomic E-state index is 0.777. The van der Waals surface area contributed by atoms with Crippen molar-refractivity contribution >= 4 is 19.2 Å². The summed E-state index contributed by atoms with van der Waals surface area (Å²) in [5.41, 5.74) is 0. The molecular weight excluding hydrogens is 325 g/mol. The van der Waals surface area contributed by atoms with Crippen molar-refractivity contribution in [3.05, 3.63) is 60.7 Å². The van der Waals surface area contributed by atoms with Crippen molar-refractivity contribution in [2.24, 2.45) is 0 Å². The second kappa shape index (κ2) is 13.1. The fraction of sp³-hybridized carbons (Fsp3) is 0.455. The van der Waals surface area contributed by atoms with Gasteiger partial charge in [-0.3, -0.25) is 0 Å². The van der Waals surface area contributed by atoms with E-state index in [2.05, 4.69) is 88.7 Å². The Morgan fingerprint density at radius 3 is 1.72 bits per heavy atom. The topological polar surface area (TPSA) is 9.23 Å². The molecule has 2 nitrogen and oxygen atoms in total. The summed E-state index contributed by atoms with van der Waals surface area (Å²) in [7, 11) is 7.35. The highest BCUT2D eigenvalue weighted by molar-refractivity contribution is 7.55. The molecule has 0 saturated carbocycles. The molecule has 0 aromatic heterocycles. The van der Waals surface area contributed by atoms with Gasteiger partial charge in [-0.25, -0.2) is 0 Å². The number of benzene rings is 2. The van der Waals surface area contributed by atoms with Gasteiger partial charge in [0.1, 0.15) is 6.54 Å². The molecule has 3 heteroatoms. The second-order valence-electron chi connectivity index (χ2n) is 7.19. The van der Waals surface area contributed by atoms with Gasteiger partial charge < -0.3 is 9.22 Å². The highest BCUT2D eigenvalue weighted by Crippen LogP contribution is 2.08. The zero-order valence-corrected chi connectivity index (χ0v) is 17.4. The van der Waals surface area contributed by atoms with Crippen LogP contribution in [0.15, 0.2) is 60.7 Å². The molecule has 0 atom stereocenters. The van der Waals surface area contributed by atoms with E-state index < -0.39 is 0 Å². The van der Waals surface area contributed by atoms with Crippen LogP contribution in [0.25, 0.3) is 0 Å². The third-order valence-corrected chi connectivity index (χ3v) is 4.88. The Morgan fingerprint density at radius 1 is 0.760 bits per heavy atom. The maximum absolute atomic E-state index is 5.50. The molecule has 0 heterocycles. The van der Waals surface area contributed by atoms with E-state index in [0.29, 0.717) is 0 Å². The van der Waals surface area contributed by atoms with Gasteiger partial charge in [0.25, 0.3) is 0 Å². The van der Waals surface area contributed by atoms with E-state index in [9.17, 15) is 0 Å². The molecule has 0 aliphatic heterocycles. The molecule has 0 aliphatic carbocycles. The van der Waals surface area contributed by atoms with Gasteiger partial charge in [-0.15, -0.1) is 0 Å². The monoisotopic (exact) mass is 360 g/mol. The summed E-state index contributed by atoms with van der Waals surface area (Å²) in [4.78, 5) is 0. The van der Waals surface area contributed by atoms with Crippen molar-refractivity contribution in [1.29, 1.82) is 0 Å². The van der Waals surface area contributed by atoms with Crippen molar-refractivity contribution in [2.75, 3.05) is 40.9 Å². The van der Waals surface area contributed by atoms with Crippen LogP contribution < -0.4 is 10.6 Å². The van der Waals surface area contributed by atoms with Gasteiger partial charge >= 0.3 is 0 Å². The highest BCUT2D eigenvalue weighted by atomic mass is 31.1. The van der Waals surface area contributed by atoms with Crippen molar-refractivity contribution in [2.45, 2.75) is 26.2 Å². The molecule has 0 unspecified atom stereocenters. The predicted molar refractivity (Wildman–Crippen MR) is 114 cm³/mol. The molecule has 0 radical (unpaired) electrons. The lowest BCUT2D eigenvalue weighted by molar-refractivity contribution is -0.870. The number of rotatable bonds is 9. The minimum absolute atomic E-state index is 0.777. The van der Waals surface area contributed by atoms with E-state index in [4.69, 9.17) is 4.74 Å². The molecular formula is C22H35NOP+. The normalized spacial score (nSPS) is 10.9. The smallest absolute Gasteiger partial charge is 0.102 e. The Morgan fingerprint density at radius 2 is 1.28 bits per heavy atom.